The van der Waals surface area contributed by atoms with Gasteiger partial charge in [0, 0.05) is 19.0 Å². The van der Waals surface area contributed by atoms with E-state index < -0.39 is 7.92 Å². The average Bonchev–Trinajstić information content (AvgIpc) is 2.86. The molecule has 0 saturated carbocycles. The monoisotopic (exact) mass is 447 g/mol. The molecule has 0 bridgehead atoms. The van der Waals surface area contributed by atoms with Crippen LogP contribution in [-0.4, -0.2) is 20.1 Å². The Hall–Kier alpha value is -3.88. The molecule has 0 atom stereocenters. The van der Waals surface area contributed by atoms with Gasteiger partial charge in [0.1, 0.15) is 5.75 Å². The van der Waals surface area contributed by atoms with Crippen LogP contribution in [0, 0.1) is 6.92 Å². The predicted octanol–water partition coefficient (Wildman–Crippen LogP) is 4.98. The topological polar surface area (TPSA) is 58.9 Å². The van der Waals surface area contributed by atoms with Crippen LogP contribution in [-0.2, 0) is 0 Å². The molecule has 0 amide bonds. The van der Waals surface area contributed by atoms with E-state index in [1.165, 1.54) is 16.2 Å². The minimum absolute atomic E-state index is 0.211. The van der Waals surface area contributed by atoms with Gasteiger partial charge >= 0.3 is 0 Å². The Bertz CT molecular complexity index is 1250. The maximum Gasteiger partial charge on any atom is 0.164 e. The number of rotatable bonds is 5. The summed E-state index contributed by atoms with van der Waals surface area (Å²) in [6.45, 7) is 2.06. The standard InChI is InChI=1S/C28H22N3OP/c1-20-12-14-21(15-13-20)26-29-27(22-16-18-23(32)19-17-22)31-28(30-26)33(24-8-4-2-5-9-24)25-10-6-3-7-11-25/h2-19,32H,1H3. The van der Waals surface area contributed by atoms with Crippen molar-refractivity contribution in [2.24, 2.45) is 0 Å². The zero-order chi connectivity index (χ0) is 22.6. The maximum absolute atomic E-state index is 9.75. The van der Waals surface area contributed by atoms with Crippen molar-refractivity contribution >= 4 is 24.1 Å². The molecule has 0 aliphatic rings. The largest absolute Gasteiger partial charge is 0.508 e. The number of phenolic OH excluding ortho intramolecular Hbond substituents is 1. The number of phenols is 1. The molecule has 4 nitrogen and oxygen atoms in total. The van der Waals surface area contributed by atoms with Crippen LogP contribution in [0.2, 0.25) is 0 Å². The molecule has 0 fully saturated rings. The van der Waals surface area contributed by atoms with Crippen LogP contribution in [0.4, 0.5) is 0 Å². The number of aromatic nitrogens is 3. The fraction of sp³-hybridized carbons (Fsp3) is 0.0357. The van der Waals surface area contributed by atoms with E-state index in [9.17, 15) is 5.11 Å². The third-order valence-electron chi connectivity index (χ3n) is 5.29. The fourth-order valence-corrected chi connectivity index (χ4v) is 5.66. The molecule has 5 heteroatoms. The molecule has 1 aromatic heterocycles. The number of benzene rings is 4. The third-order valence-corrected chi connectivity index (χ3v) is 7.52. The van der Waals surface area contributed by atoms with Gasteiger partial charge in [0.15, 0.2) is 17.2 Å². The van der Waals surface area contributed by atoms with Gasteiger partial charge in [-0.2, -0.15) is 0 Å². The van der Waals surface area contributed by atoms with Crippen molar-refractivity contribution < 1.29 is 5.11 Å². The second-order valence-corrected chi connectivity index (χ2v) is 9.81. The van der Waals surface area contributed by atoms with Crippen molar-refractivity contribution in [3.05, 3.63) is 115 Å². The molecular weight excluding hydrogens is 425 g/mol. The van der Waals surface area contributed by atoms with E-state index in [0.717, 1.165) is 16.7 Å². The third kappa shape index (κ3) is 4.67. The summed E-state index contributed by atoms with van der Waals surface area (Å²) in [4.78, 5) is 14.8. The van der Waals surface area contributed by atoms with Gasteiger partial charge in [-0.05, 0) is 41.8 Å². The smallest absolute Gasteiger partial charge is 0.164 e. The van der Waals surface area contributed by atoms with E-state index in [2.05, 4.69) is 67.6 Å². The van der Waals surface area contributed by atoms with Gasteiger partial charge < -0.3 is 5.11 Å². The van der Waals surface area contributed by atoms with E-state index >= 15 is 0 Å². The fourth-order valence-electron chi connectivity index (χ4n) is 3.57. The highest BCUT2D eigenvalue weighted by molar-refractivity contribution is 7.79. The van der Waals surface area contributed by atoms with Crippen molar-refractivity contribution in [1.82, 2.24) is 15.0 Å². The van der Waals surface area contributed by atoms with Crippen molar-refractivity contribution in [1.29, 1.82) is 0 Å². The molecule has 0 unspecified atom stereocenters. The van der Waals surface area contributed by atoms with E-state index in [-0.39, 0.29) is 5.75 Å². The van der Waals surface area contributed by atoms with Crippen LogP contribution in [0.15, 0.2) is 109 Å². The molecule has 0 spiro atoms. The predicted molar refractivity (Wildman–Crippen MR) is 136 cm³/mol. The van der Waals surface area contributed by atoms with Gasteiger partial charge in [0.25, 0.3) is 0 Å². The average molecular weight is 447 g/mol. The van der Waals surface area contributed by atoms with Crippen LogP contribution in [0.3, 0.4) is 0 Å². The van der Waals surface area contributed by atoms with Crippen LogP contribution in [0.25, 0.3) is 22.8 Å². The first-order valence-corrected chi connectivity index (χ1v) is 12.0. The summed E-state index contributed by atoms with van der Waals surface area (Å²) in [7, 11) is -0.983. The van der Waals surface area contributed by atoms with Gasteiger partial charge in [0.2, 0.25) is 0 Å². The van der Waals surface area contributed by atoms with Gasteiger partial charge in [-0.1, -0.05) is 90.5 Å². The highest BCUT2D eigenvalue weighted by Gasteiger charge is 2.22. The molecule has 0 aliphatic carbocycles. The first-order valence-electron chi connectivity index (χ1n) is 10.7. The second kappa shape index (κ2) is 9.32. The molecule has 0 saturated heterocycles. The maximum atomic E-state index is 9.75. The normalized spacial score (nSPS) is 11.0. The highest BCUT2D eigenvalue weighted by Crippen LogP contribution is 2.32. The second-order valence-electron chi connectivity index (χ2n) is 7.70. The summed E-state index contributed by atoms with van der Waals surface area (Å²) < 4.78 is 0. The number of aryl methyl sites for hydroxylation is 1. The van der Waals surface area contributed by atoms with Gasteiger partial charge in [-0.25, -0.2) is 15.0 Å². The lowest BCUT2D eigenvalue weighted by Gasteiger charge is -2.18. The number of nitrogens with zero attached hydrogens (tertiary/aromatic N) is 3. The van der Waals surface area contributed by atoms with E-state index in [0.29, 0.717) is 11.6 Å². The molecule has 5 rings (SSSR count). The van der Waals surface area contributed by atoms with Gasteiger partial charge in [0.05, 0.1) is 0 Å². The molecule has 160 valence electrons. The molecule has 1 heterocycles. The number of hydrogen-bond acceptors (Lipinski definition) is 4. The minimum Gasteiger partial charge on any atom is -0.508 e. The zero-order valence-electron chi connectivity index (χ0n) is 18.1. The van der Waals surface area contributed by atoms with E-state index in [1.807, 2.05) is 36.4 Å². The van der Waals surface area contributed by atoms with Crippen LogP contribution < -0.4 is 16.2 Å². The Kier molecular flexibility index (Phi) is 5.93. The summed E-state index contributed by atoms with van der Waals surface area (Å²) in [6.07, 6.45) is 0. The molecule has 5 aromatic rings. The molecule has 0 radical (unpaired) electrons. The Labute approximate surface area is 194 Å². The summed E-state index contributed by atoms with van der Waals surface area (Å²) in [5, 5.41) is 12.1. The van der Waals surface area contributed by atoms with Crippen molar-refractivity contribution in [3.8, 4) is 28.5 Å². The summed E-state index contributed by atoms with van der Waals surface area (Å²) in [6, 6.07) is 36.0. The van der Waals surface area contributed by atoms with E-state index in [1.54, 1.807) is 12.1 Å². The first kappa shape index (κ1) is 21.0. The molecular formula is C28H22N3OP. The lowest BCUT2D eigenvalue weighted by atomic mass is 10.1. The Morgan fingerprint density at radius 1 is 0.545 bits per heavy atom. The van der Waals surface area contributed by atoms with Crippen LogP contribution in [0.1, 0.15) is 5.56 Å². The van der Waals surface area contributed by atoms with Crippen molar-refractivity contribution in [2.75, 3.05) is 0 Å². The quantitative estimate of drug-likeness (QED) is 0.386. The Balaban J connectivity index is 1.73. The first-order chi connectivity index (χ1) is 16.2. The molecule has 1 N–H and O–H groups in total. The lowest BCUT2D eigenvalue weighted by molar-refractivity contribution is 0.475. The molecule has 33 heavy (non-hydrogen) atoms. The minimum atomic E-state index is -0.983. The van der Waals surface area contributed by atoms with Crippen molar-refractivity contribution in [3.63, 3.8) is 0 Å². The summed E-state index contributed by atoms with van der Waals surface area (Å²) >= 11 is 0. The summed E-state index contributed by atoms with van der Waals surface area (Å²) in [5.74, 6) is 1.44. The van der Waals surface area contributed by atoms with Crippen molar-refractivity contribution in [2.45, 2.75) is 6.92 Å². The highest BCUT2D eigenvalue weighted by atomic mass is 31.1. The molecule has 4 aromatic carbocycles. The SMILES string of the molecule is Cc1ccc(-c2nc(-c3ccc(O)cc3)nc(P(c3ccccc3)c3ccccc3)n2)cc1. The molecule has 0 aliphatic heterocycles. The summed E-state index contributed by atoms with van der Waals surface area (Å²) in [5.41, 5.74) is 3.71. The number of hydrogen-bond donors (Lipinski definition) is 1. The van der Waals surface area contributed by atoms with E-state index in [4.69, 9.17) is 15.0 Å². The Morgan fingerprint density at radius 2 is 1.00 bits per heavy atom. The zero-order valence-corrected chi connectivity index (χ0v) is 19.0. The van der Waals surface area contributed by atoms with Crippen LogP contribution >= 0.6 is 7.92 Å². The number of aromatic hydroxyl groups is 1. The van der Waals surface area contributed by atoms with Gasteiger partial charge in [-0.3, -0.25) is 0 Å². The Morgan fingerprint density at radius 3 is 1.48 bits per heavy atom. The lowest BCUT2D eigenvalue weighted by Crippen LogP contribution is -2.26. The van der Waals surface area contributed by atoms with Gasteiger partial charge in [-0.15, -0.1) is 0 Å². The van der Waals surface area contributed by atoms with Crippen LogP contribution in [0.5, 0.6) is 5.75 Å².